The van der Waals surface area contributed by atoms with Gasteiger partial charge in [-0.1, -0.05) is 18.9 Å². The Labute approximate surface area is 58.4 Å². The minimum absolute atomic E-state index is 0.344. The molecule has 0 saturated carbocycles. The van der Waals surface area contributed by atoms with Crippen LogP contribution < -0.4 is 0 Å². The Kier molecular flexibility index (Phi) is 13.6. The molecule has 56 valence electrons. The molecular weight excluding hydrogens is 112 g/mol. The zero-order chi connectivity index (χ0) is 7.70. The van der Waals surface area contributed by atoms with E-state index in [2.05, 4.69) is 13.5 Å². The molecule has 1 heteroatoms. The summed E-state index contributed by atoms with van der Waals surface area (Å²) >= 11 is 0. The molecule has 0 atom stereocenters. The van der Waals surface area contributed by atoms with Crippen molar-refractivity contribution in [2.75, 3.05) is 6.61 Å². The number of allylic oxidation sites excluding steroid dienone is 1. The Morgan fingerprint density at radius 2 is 1.78 bits per heavy atom. The molecule has 0 amide bonds. The topological polar surface area (TPSA) is 20.2 Å². The minimum Gasteiger partial charge on any atom is -0.396 e. The third-order valence-electron chi connectivity index (χ3n) is 0.512. The normalized spacial score (nSPS) is 7.56. The molecule has 0 aliphatic heterocycles. The van der Waals surface area contributed by atoms with Crippen molar-refractivity contribution in [3.05, 3.63) is 12.2 Å². The van der Waals surface area contributed by atoms with Crippen LogP contribution in [0.1, 0.15) is 33.6 Å². The first-order valence-electron chi connectivity index (χ1n) is 3.38. The predicted molar refractivity (Wildman–Crippen MR) is 42.5 cm³/mol. The van der Waals surface area contributed by atoms with Gasteiger partial charge in [0.15, 0.2) is 0 Å². The number of rotatable bonds is 2. The van der Waals surface area contributed by atoms with E-state index in [1.54, 1.807) is 0 Å². The molecule has 0 radical (unpaired) electrons. The van der Waals surface area contributed by atoms with Gasteiger partial charge in [-0.15, -0.1) is 6.58 Å². The minimum atomic E-state index is 0.344. The Morgan fingerprint density at radius 1 is 1.44 bits per heavy atom. The Bertz CT molecular complexity index is 51.6. The lowest BCUT2D eigenvalue weighted by Gasteiger charge is -1.79. The number of aliphatic hydroxyl groups is 1. The highest BCUT2D eigenvalue weighted by atomic mass is 16.2. The summed E-state index contributed by atoms with van der Waals surface area (Å²) in [6.07, 6.45) is 2.04. The monoisotopic (exact) mass is 130 g/mol. The van der Waals surface area contributed by atoms with Crippen LogP contribution in [0, 0.1) is 0 Å². The van der Waals surface area contributed by atoms with E-state index in [0.717, 1.165) is 12.8 Å². The SMILES string of the molecule is C=C(C)C.CCCCO. The fourth-order valence-corrected chi connectivity index (χ4v) is 0.158. The number of hydrogen-bond acceptors (Lipinski definition) is 1. The molecule has 0 bridgehead atoms. The Balaban J connectivity index is 0. The molecule has 1 N–H and O–H groups in total. The van der Waals surface area contributed by atoms with Crippen molar-refractivity contribution in [3.8, 4) is 0 Å². The molecule has 0 spiro atoms. The molecule has 0 aromatic carbocycles. The third-order valence-corrected chi connectivity index (χ3v) is 0.512. The Morgan fingerprint density at radius 3 is 1.78 bits per heavy atom. The van der Waals surface area contributed by atoms with Gasteiger partial charge in [-0.3, -0.25) is 0 Å². The highest BCUT2D eigenvalue weighted by molar-refractivity contribution is 4.78. The first kappa shape index (κ1) is 11.5. The van der Waals surface area contributed by atoms with E-state index in [1.807, 2.05) is 13.8 Å². The first-order valence-corrected chi connectivity index (χ1v) is 3.38. The molecule has 0 rings (SSSR count). The van der Waals surface area contributed by atoms with Crippen LogP contribution >= 0.6 is 0 Å². The van der Waals surface area contributed by atoms with Crippen LogP contribution in [0.2, 0.25) is 0 Å². The maximum atomic E-state index is 8.07. The van der Waals surface area contributed by atoms with Gasteiger partial charge >= 0.3 is 0 Å². The van der Waals surface area contributed by atoms with Crippen LogP contribution in [0.3, 0.4) is 0 Å². The van der Waals surface area contributed by atoms with Gasteiger partial charge in [0.2, 0.25) is 0 Å². The van der Waals surface area contributed by atoms with Crippen LogP contribution in [0.15, 0.2) is 12.2 Å². The fraction of sp³-hybridized carbons (Fsp3) is 0.750. The molecule has 0 aromatic rings. The lowest BCUT2D eigenvalue weighted by atomic mass is 10.4. The van der Waals surface area contributed by atoms with Crippen LogP contribution in [0.4, 0.5) is 0 Å². The highest BCUT2D eigenvalue weighted by Crippen LogP contribution is 1.78. The lowest BCUT2D eigenvalue weighted by molar-refractivity contribution is 0.287. The highest BCUT2D eigenvalue weighted by Gasteiger charge is 1.69. The zero-order valence-corrected chi connectivity index (χ0v) is 6.78. The van der Waals surface area contributed by atoms with Gasteiger partial charge in [-0.25, -0.2) is 0 Å². The maximum Gasteiger partial charge on any atom is 0.0430 e. The maximum absolute atomic E-state index is 8.07. The second-order valence-electron chi connectivity index (χ2n) is 2.28. The molecule has 0 aromatic heterocycles. The summed E-state index contributed by atoms with van der Waals surface area (Å²) in [4.78, 5) is 0. The molecule has 9 heavy (non-hydrogen) atoms. The summed E-state index contributed by atoms with van der Waals surface area (Å²) in [5.74, 6) is 0. The van der Waals surface area contributed by atoms with Crippen molar-refractivity contribution < 1.29 is 5.11 Å². The van der Waals surface area contributed by atoms with Crippen molar-refractivity contribution in [3.63, 3.8) is 0 Å². The molecule has 0 aliphatic rings. The van der Waals surface area contributed by atoms with Gasteiger partial charge in [-0.2, -0.15) is 0 Å². The van der Waals surface area contributed by atoms with E-state index in [4.69, 9.17) is 5.11 Å². The first-order chi connectivity index (χ1) is 4.15. The van der Waals surface area contributed by atoms with E-state index in [-0.39, 0.29) is 0 Å². The van der Waals surface area contributed by atoms with E-state index in [9.17, 15) is 0 Å². The third kappa shape index (κ3) is 86.6. The zero-order valence-electron chi connectivity index (χ0n) is 6.78. The van der Waals surface area contributed by atoms with Crippen molar-refractivity contribution in [2.24, 2.45) is 0 Å². The number of aliphatic hydroxyl groups excluding tert-OH is 1. The quantitative estimate of drug-likeness (QED) is 0.569. The molecule has 0 saturated heterocycles. The average Bonchev–Trinajstić information content (AvgIpc) is 1.66. The Hall–Kier alpha value is -0.300. The van der Waals surface area contributed by atoms with Crippen molar-refractivity contribution in [2.45, 2.75) is 33.6 Å². The predicted octanol–water partition coefficient (Wildman–Crippen LogP) is 2.36. The number of hydrogen-bond donors (Lipinski definition) is 1. The van der Waals surface area contributed by atoms with Crippen LogP contribution in [-0.4, -0.2) is 11.7 Å². The smallest absolute Gasteiger partial charge is 0.0430 e. The van der Waals surface area contributed by atoms with Crippen LogP contribution in [0.25, 0.3) is 0 Å². The van der Waals surface area contributed by atoms with Gasteiger partial charge in [-0.05, 0) is 20.3 Å². The molecule has 0 unspecified atom stereocenters. The molecule has 1 nitrogen and oxygen atoms in total. The van der Waals surface area contributed by atoms with E-state index in [0.29, 0.717) is 6.61 Å². The second-order valence-corrected chi connectivity index (χ2v) is 2.28. The molecule has 0 fully saturated rings. The van der Waals surface area contributed by atoms with Crippen LogP contribution in [-0.2, 0) is 0 Å². The van der Waals surface area contributed by atoms with Crippen LogP contribution in [0.5, 0.6) is 0 Å². The summed E-state index contributed by atoms with van der Waals surface area (Å²) in [6, 6.07) is 0. The van der Waals surface area contributed by atoms with Gasteiger partial charge in [0, 0.05) is 6.61 Å². The van der Waals surface area contributed by atoms with Gasteiger partial charge in [0.25, 0.3) is 0 Å². The van der Waals surface area contributed by atoms with Gasteiger partial charge < -0.3 is 5.11 Å². The summed E-state index contributed by atoms with van der Waals surface area (Å²) in [7, 11) is 0. The van der Waals surface area contributed by atoms with Gasteiger partial charge in [0.1, 0.15) is 0 Å². The summed E-state index contributed by atoms with van der Waals surface area (Å²) in [6.45, 7) is 9.90. The van der Waals surface area contributed by atoms with E-state index >= 15 is 0 Å². The molecule has 0 heterocycles. The van der Waals surface area contributed by atoms with E-state index in [1.165, 1.54) is 5.57 Å². The number of unbranched alkanes of at least 4 members (excludes halogenated alkanes) is 1. The summed E-state index contributed by atoms with van der Waals surface area (Å²) in [5.41, 5.74) is 1.17. The van der Waals surface area contributed by atoms with Crippen molar-refractivity contribution in [1.29, 1.82) is 0 Å². The van der Waals surface area contributed by atoms with E-state index < -0.39 is 0 Å². The average molecular weight is 130 g/mol. The lowest BCUT2D eigenvalue weighted by Crippen LogP contribution is -1.75. The van der Waals surface area contributed by atoms with Crippen molar-refractivity contribution >= 4 is 0 Å². The van der Waals surface area contributed by atoms with Gasteiger partial charge in [0.05, 0.1) is 0 Å². The molecule has 0 aliphatic carbocycles. The second kappa shape index (κ2) is 10.6. The standard InChI is InChI=1S/C4H10O.C4H8/c1-2-3-4-5;1-4(2)3/h5H,2-4H2,1H3;1H2,2-3H3. The summed E-state index contributed by atoms with van der Waals surface area (Å²) in [5, 5.41) is 8.07. The summed E-state index contributed by atoms with van der Waals surface area (Å²) < 4.78 is 0. The fourth-order valence-electron chi connectivity index (χ4n) is 0.158. The molecular formula is C8H18O. The van der Waals surface area contributed by atoms with Crippen molar-refractivity contribution in [1.82, 2.24) is 0 Å². The largest absolute Gasteiger partial charge is 0.396 e.